The third-order valence-electron chi connectivity index (χ3n) is 2.65. The van der Waals surface area contributed by atoms with E-state index in [4.69, 9.17) is 11.6 Å². The van der Waals surface area contributed by atoms with Crippen molar-refractivity contribution < 1.29 is 0 Å². The van der Waals surface area contributed by atoms with Crippen molar-refractivity contribution in [3.05, 3.63) is 52.4 Å². The van der Waals surface area contributed by atoms with E-state index in [1.807, 2.05) is 23.5 Å². The molecule has 0 fully saturated rings. The molecule has 2 rings (SSSR count). The van der Waals surface area contributed by atoms with Crippen LogP contribution in [0.4, 0.5) is 0 Å². The number of hydrogen-bond donors (Lipinski definition) is 0. The van der Waals surface area contributed by atoms with Gasteiger partial charge in [0.25, 0.3) is 0 Å². The van der Waals surface area contributed by atoms with Gasteiger partial charge in [-0.2, -0.15) is 0 Å². The number of hydrogen-bond acceptors (Lipinski definition) is 1. The van der Waals surface area contributed by atoms with Crippen molar-refractivity contribution in [3.8, 4) is 10.4 Å². The summed E-state index contributed by atoms with van der Waals surface area (Å²) in [7, 11) is 0. The Balaban J connectivity index is 2.10. The topological polar surface area (TPSA) is 0 Å². The van der Waals surface area contributed by atoms with Crippen molar-refractivity contribution in [1.82, 2.24) is 0 Å². The molecule has 0 aliphatic carbocycles. The second-order valence-electron chi connectivity index (χ2n) is 4.74. The molecule has 0 unspecified atom stereocenters. The van der Waals surface area contributed by atoms with Crippen LogP contribution in [0.5, 0.6) is 0 Å². The van der Waals surface area contributed by atoms with Crippen LogP contribution in [-0.4, -0.2) is 0 Å². The molecule has 2 aromatic rings. The Hall–Kier alpha value is -1.05. The van der Waals surface area contributed by atoms with E-state index in [-0.39, 0.29) is 0 Å². The van der Waals surface area contributed by atoms with Gasteiger partial charge in [-0.15, -0.1) is 11.3 Å². The van der Waals surface area contributed by atoms with Crippen molar-refractivity contribution in [2.45, 2.75) is 20.3 Å². The number of allylic oxidation sites excluding steroid dienone is 1. The van der Waals surface area contributed by atoms with Crippen molar-refractivity contribution >= 4 is 29.0 Å². The van der Waals surface area contributed by atoms with Gasteiger partial charge in [-0.1, -0.05) is 43.7 Å². The van der Waals surface area contributed by atoms with Crippen LogP contribution < -0.4 is 0 Å². The van der Waals surface area contributed by atoms with Gasteiger partial charge in [0, 0.05) is 14.8 Å². The first-order valence-electron chi connectivity index (χ1n) is 6.17. The lowest BCUT2D eigenvalue weighted by Gasteiger charge is -1.97. The Labute approximate surface area is 118 Å². The molecule has 0 aliphatic rings. The summed E-state index contributed by atoms with van der Waals surface area (Å²) >= 11 is 7.71. The summed E-state index contributed by atoms with van der Waals surface area (Å²) in [6.07, 6.45) is 5.60. The standard InChI is InChI=1S/C16H17ClS/c1-12(2)4-3-5-15-10-11-16(18-15)13-6-8-14(17)9-7-13/h3,5-12H,4H2,1-2H3/b5-3+. The van der Waals surface area contributed by atoms with E-state index in [1.54, 1.807) is 0 Å². The molecule has 2 heteroatoms. The lowest BCUT2D eigenvalue weighted by atomic mass is 10.1. The molecule has 18 heavy (non-hydrogen) atoms. The quantitative estimate of drug-likeness (QED) is 0.630. The maximum Gasteiger partial charge on any atom is 0.0406 e. The van der Waals surface area contributed by atoms with Gasteiger partial charge in [0.2, 0.25) is 0 Å². The zero-order valence-corrected chi connectivity index (χ0v) is 12.3. The summed E-state index contributed by atoms with van der Waals surface area (Å²) in [4.78, 5) is 2.59. The average Bonchev–Trinajstić information content (AvgIpc) is 2.78. The van der Waals surface area contributed by atoms with Crippen LogP contribution in [-0.2, 0) is 0 Å². The van der Waals surface area contributed by atoms with Crippen LogP contribution in [0.2, 0.25) is 5.02 Å². The summed E-state index contributed by atoms with van der Waals surface area (Å²) in [5.74, 6) is 0.719. The van der Waals surface area contributed by atoms with Gasteiger partial charge in [0.15, 0.2) is 0 Å². The lowest BCUT2D eigenvalue weighted by Crippen LogP contribution is -1.80. The molecule has 0 aliphatic heterocycles. The summed E-state index contributed by atoms with van der Waals surface area (Å²) in [6, 6.07) is 12.3. The molecular weight excluding hydrogens is 260 g/mol. The smallest absolute Gasteiger partial charge is 0.0406 e. The molecule has 0 N–H and O–H groups in total. The van der Waals surface area contributed by atoms with E-state index >= 15 is 0 Å². The maximum atomic E-state index is 5.89. The third-order valence-corrected chi connectivity index (χ3v) is 4.00. The van der Waals surface area contributed by atoms with E-state index < -0.39 is 0 Å². The highest BCUT2D eigenvalue weighted by atomic mass is 35.5. The fourth-order valence-corrected chi connectivity index (χ4v) is 2.74. The lowest BCUT2D eigenvalue weighted by molar-refractivity contribution is 0.665. The maximum absolute atomic E-state index is 5.89. The molecule has 1 heterocycles. The Kier molecular flexibility index (Phi) is 4.62. The number of rotatable bonds is 4. The van der Waals surface area contributed by atoms with Crippen LogP contribution in [0.3, 0.4) is 0 Å². The number of halogens is 1. The van der Waals surface area contributed by atoms with Crippen molar-refractivity contribution in [2.24, 2.45) is 5.92 Å². The molecule has 0 saturated heterocycles. The molecular formula is C16H17ClS. The van der Waals surface area contributed by atoms with E-state index in [2.05, 4.69) is 50.3 Å². The van der Waals surface area contributed by atoms with Gasteiger partial charge in [0.1, 0.15) is 0 Å². The van der Waals surface area contributed by atoms with Crippen LogP contribution >= 0.6 is 22.9 Å². The second-order valence-corrected chi connectivity index (χ2v) is 6.29. The van der Waals surface area contributed by atoms with E-state index in [0.29, 0.717) is 0 Å². The highest BCUT2D eigenvalue weighted by molar-refractivity contribution is 7.16. The molecule has 0 spiro atoms. The van der Waals surface area contributed by atoms with Gasteiger partial charge in [-0.25, -0.2) is 0 Å². The Morgan fingerprint density at radius 2 is 1.83 bits per heavy atom. The molecule has 1 aromatic heterocycles. The fourth-order valence-electron chi connectivity index (χ4n) is 1.67. The minimum absolute atomic E-state index is 0.719. The van der Waals surface area contributed by atoms with Gasteiger partial charge in [0.05, 0.1) is 0 Å². The number of benzene rings is 1. The van der Waals surface area contributed by atoms with E-state index in [0.717, 1.165) is 17.4 Å². The molecule has 1 aromatic carbocycles. The van der Waals surface area contributed by atoms with Gasteiger partial charge in [-0.05, 0) is 48.2 Å². The van der Waals surface area contributed by atoms with E-state index in [1.165, 1.54) is 15.3 Å². The zero-order chi connectivity index (χ0) is 13.0. The molecule has 94 valence electrons. The van der Waals surface area contributed by atoms with Crippen LogP contribution in [0.15, 0.2) is 42.5 Å². The first-order valence-corrected chi connectivity index (χ1v) is 7.37. The molecule has 0 bridgehead atoms. The first kappa shape index (κ1) is 13.4. The average molecular weight is 277 g/mol. The number of thiophene rings is 1. The molecule has 0 atom stereocenters. The molecule has 0 saturated carbocycles. The van der Waals surface area contributed by atoms with Crippen LogP contribution in [0.25, 0.3) is 16.5 Å². The van der Waals surface area contributed by atoms with Crippen molar-refractivity contribution in [3.63, 3.8) is 0 Å². The SMILES string of the molecule is CC(C)C/C=C/c1ccc(-c2ccc(Cl)cc2)s1. The van der Waals surface area contributed by atoms with Gasteiger partial charge >= 0.3 is 0 Å². The monoisotopic (exact) mass is 276 g/mol. The van der Waals surface area contributed by atoms with Crippen molar-refractivity contribution in [1.29, 1.82) is 0 Å². The summed E-state index contributed by atoms with van der Waals surface area (Å²) in [5.41, 5.74) is 1.23. The normalized spacial score (nSPS) is 11.6. The highest BCUT2D eigenvalue weighted by Gasteiger charge is 2.01. The van der Waals surface area contributed by atoms with Crippen LogP contribution in [0.1, 0.15) is 25.1 Å². The summed E-state index contributed by atoms with van der Waals surface area (Å²) in [6.45, 7) is 4.47. The predicted molar refractivity (Wildman–Crippen MR) is 83.3 cm³/mol. The molecule has 0 radical (unpaired) electrons. The van der Waals surface area contributed by atoms with Crippen LogP contribution in [0, 0.1) is 5.92 Å². The third kappa shape index (κ3) is 3.72. The minimum Gasteiger partial charge on any atom is -0.136 e. The Morgan fingerprint density at radius 1 is 1.11 bits per heavy atom. The fraction of sp³-hybridized carbons (Fsp3) is 0.250. The predicted octanol–water partition coefficient (Wildman–Crippen LogP) is 6.13. The Bertz CT molecular complexity index is 520. The Morgan fingerprint density at radius 3 is 2.50 bits per heavy atom. The minimum atomic E-state index is 0.719. The summed E-state index contributed by atoms with van der Waals surface area (Å²) in [5, 5.41) is 0.785. The highest BCUT2D eigenvalue weighted by Crippen LogP contribution is 2.29. The van der Waals surface area contributed by atoms with Gasteiger partial charge in [-0.3, -0.25) is 0 Å². The second kappa shape index (κ2) is 6.21. The van der Waals surface area contributed by atoms with Crippen molar-refractivity contribution in [2.75, 3.05) is 0 Å². The first-order chi connectivity index (χ1) is 8.65. The molecule has 0 amide bonds. The van der Waals surface area contributed by atoms with Gasteiger partial charge < -0.3 is 0 Å². The summed E-state index contributed by atoms with van der Waals surface area (Å²) < 4.78 is 0. The molecule has 0 nitrogen and oxygen atoms in total. The van der Waals surface area contributed by atoms with E-state index in [9.17, 15) is 0 Å². The largest absolute Gasteiger partial charge is 0.136 e. The zero-order valence-electron chi connectivity index (χ0n) is 10.7.